The molecule has 1 aliphatic rings. The molecule has 1 aliphatic carbocycles. The van der Waals surface area contributed by atoms with E-state index in [1.54, 1.807) is 0 Å². The maximum absolute atomic E-state index is 10.2. The number of hydrogen-bond acceptors (Lipinski definition) is 3. The Kier molecular flexibility index (Phi) is 7.01. The van der Waals surface area contributed by atoms with Crippen LogP contribution in [0.2, 0.25) is 0 Å². The zero-order valence-electron chi connectivity index (χ0n) is 11.0. The van der Waals surface area contributed by atoms with Gasteiger partial charge in [-0.3, -0.25) is 0 Å². The molecular weight excluding hydrogens is 264 g/mol. The van der Waals surface area contributed by atoms with Gasteiger partial charge in [-0.05, 0) is 12.8 Å². The van der Waals surface area contributed by atoms with Crippen molar-refractivity contribution in [2.75, 3.05) is 0 Å². The molecule has 0 heterocycles. The molecular formula is C13H22N2O3S. The molecule has 2 rings (SSSR count). The van der Waals surface area contributed by atoms with Gasteiger partial charge in [0.2, 0.25) is 0 Å². The fraction of sp³-hybridized carbons (Fsp3) is 0.538. The Hall–Kier alpha value is -0.950. The Morgan fingerprint density at radius 2 is 1.74 bits per heavy atom. The van der Waals surface area contributed by atoms with Crippen LogP contribution in [0.3, 0.4) is 0 Å². The van der Waals surface area contributed by atoms with Crippen LogP contribution in [0.4, 0.5) is 0 Å². The standard InChI is InChI=1S/C7H9N.C6H13NO3S/c8-6-7-4-2-1-3-5-7;8-11(9,10)7-6-4-2-1-3-5-6/h1-5H,6,8H2;6-7H,1-5H2,(H,8,9,10). The van der Waals surface area contributed by atoms with E-state index in [2.05, 4.69) is 22.6 Å². The summed E-state index contributed by atoms with van der Waals surface area (Å²) in [5.74, 6) is 0. The molecule has 1 fully saturated rings. The normalized spacial score (nSPS) is 16.5. The van der Waals surface area contributed by atoms with Crippen LogP contribution < -0.4 is 10.5 Å². The van der Waals surface area contributed by atoms with Crippen LogP contribution in [-0.4, -0.2) is 19.0 Å². The van der Waals surface area contributed by atoms with E-state index in [0.717, 1.165) is 38.6 Å². The molecule has 4 N–H and O–H groups in total. The van der Waals surface area contributed by atoms with Crippen LogP contribution in [0.1, 0.15) is 37.7 Å². The van der Waals surface area contributed by atoms with Gasteiger partial charge in [-0.2, -0.15) is 0 Å². The number of quaternary nitrogens is 1. The van der Waals surface area contributed by atoms with Gasteiger partial charge in [0.1, 0.15) is 0 Å². The van der Waals surface area contributed by atoms with Gasteiger partial charge >= 0.3 is 0 Å². The van der Waals surface area contributed by atoms with Crippen molar-refractivity contribution in [3.05, 3.63) is 35.9 Å². The van der Waals surface area contributed by atoms with E-state index in [-0.39, 0.29) is 6.04 Å². The summed E-state index contributed by atoms with van der Waals surface area (Å²) in [6.07, 6.45) is 4.81. The highest BCUT2D eigenvalue weighted by molar-refractivity contribution is 7.83. The van der Waals surface area contributed by atoms with E-state index in [1.807, 2.05) is 18.2 Å². The highest BCUT2D eigenvalue weighted by Crippen LogP contribution is 2.17. The molecule has 19 heavy (non-hydrogen) atoms. The summed E-state index contributed by atoms with van der Waals surface area (Å²) in [7, 11) is -4.22. The zero-order chi connectivity index (χ0) is 14.1. The predicted octanol–water partition coefficient (Wildman–Crippen LogP) is 0.797. The average molecular weight is 286 g/mol. The van der Waals surface area contributed by atoms with Gasteiger partial charge in [0.05, 0.1) is 6.54 Å². The van der Waals surface area contributed by atoms with E-state index in [9.17, 15) is 13.0 Å². The van der Waals surface area contributed by atoms with Crippen LogP contribution in [0, 0.1) is 0 Å². The first kappa shape index (κ1) is 16.1. The van der Waals surface area contributed by atoms with E-state index in [4.69, 9.17) is 0 Å². The Labute approximate surface area is 115 Å². The lowest BCUT2D eigenvalue weighted by molar-refractivity contribution is -0.386. The fourth-order valence-electron chi connectivity index (χ4n) is 2.07. The van der Waals surface area contributed by atoms with Gasteiger partial charge in [-0.15, -0.1) is 0 Å². The minimum absolute atomic E-state index is 0.105. The van der Waals surface area contributed by atoms with Gasteiger partial charge < -0.3 is 10.3 Å². The van der Waals surface area contributed by atoms with E-state index >= 15 is 0 Å². The van der Waals surface area contributed by atoms with Crippen molar-refractivity contribution >= 4 is 10.3 Å². The Balaban J connectivity index is 0.000000200. The summed E-state index contributed by atoms with van der Waals surface area (Å²) >= 11 is 0. The summed E-state index contributed by atoms with van der Waals surface area (Å²) in [6.45, 7) is 0.890. The number of benzene rings is 1. The SMILES string of the molecule is O=S(=O)([O-])NC1CCCCC1.[NH3+]Cc1ccccc1. The Morgan fingerprint density at radius 3 is 2.16 bits per heavy atom. The van der Waals surface area contributed by atoms with Gasteiger partial charge in [0.25, 0.3) is 0 Å². The summed E-state index contributed by atoms with van der Waals surface area (Å²) < 4.78 is 32.8. The van der Waals surface area contributed by atoms with E-state index in [1.165, 1.54) is 5.56 Å². The Bertz CT molecular complexity index is 442. The molecule has 0 atom stereocenters. The number of hydrogen-bond donors (Lipinski definition) is 2. The van der Waals surface area contributed by atoms with Crippen LogP contribution in [-0.2, 0) is 16.8 Å². The van der Waals surface area contributed by atoms with Crippen molar-refractivity contribution < 1.29 is 18.7 Å². The topological polar surface area (TPSA) is 96.9 Å². The maximum atomic E-state index is 10.2. The second kappa shape index (κ2) is 8.27. The third-order valence-electron chi connectivity index (χ3n) is 3.05. The first-order chi connectivity index (χ1) is 9.01. The van der Waals surface area contributed by atoms with Crippen LogP contribution in [0.15, 0.2) is 30.3 Å². The summed E-state index contributed by atoms with van der Waals surface area (Å²) in [5.41, 5.74) is 5.05. The summed E-state index contributed by atoms with van der Waals surface area (Å²) in [4.78, 5) is 0. The van der Waals surface area contributed by atoms with Gasteiger partial charge in [-0.25, -0.2) is 13.1 Å². The Morgan fingerprint density at radius 1 is 1.16 bits per heavy atom. The molecule has 108 valence electrons. The lowest BCUT2D eigenvalue weighted by Crippen LogP contribution is -2.47. The third-order valence-corrected chi connectivity index (χ3v) is 3.67. The zero-order valence-corrected chi connectivity index (χ0v) is 11.9. The number of rotatable bonds is 3. The lowest BCUT2D eigenvalue weighted by atomic mass is 9.96. The molecule has 5 nitrogen and oxygen atoms in total. The first-order valence-electron chi connectivity index (χ1n) is 6.57. The largest absolute Gasteiger partial charge is 0.735 e. The smallest absolute Gasteiger partial charge is 0.159 e. The highest BCUT2D eigenvalue weighted by Gasteiger charge is 2.14. The lowest BCUT2D eigenvalue weighted by Gasteiger charge is -2.23. The molecule has 1 aromatic carbocycles. The second-order valence-electron chi connectivity index (χ2n) is 4.64. The molecule has 0 bridgehead atoms. The molecule has 0 radical (unpaired) electrons. The molecule has 0 aliphatic heterocycles. The van der Waals surface area contributed by atoms with Crippen molar-refractivity contribution in [1.82, 2.24) is 4.72 Å². The van der Waals surface area contributed by atoms with Crippen molar-refractivity contribution in [1.29, 1.82) is 0 Å². The first-order valence-corrected chi connectivity index (χ1v) is 7.98. The van der Waals surface area contributed by atoms with Crippen LogP contribution in [0.25, 0.3) is 0 Å². The monoisotopic (exact) mass is 286 g/mol. The predicted molar refractivity (Wildman–Crippen MR) is 72.7 cm³/mol. The van der Waals surface area contributed by atoms with Crippen molar-refractivity contribution in [3.63, 3.8) is 0 Å². The van der Waals surface area contributed by atoms with E-state index < -0.39 is 10.3 Å². The minimum Gasteiger partial charge on any atom is -0.735 e. The van der Waals surface area contributed by atoms with Gasteiger partial charge in [-0.1, -0.05) is 49.6 Å². The minimum atomic E-state index is -4.22. The average Bonchev–Trinajstić information content (AvgIpc) is 2.40. The van der Waals surface area contributed by atoms with E-state index in [0.29, 0.717) is 0 Å². The molecule has 0 amide bonds. The van der Waals surface area contributed by atoms with Crippen molar-refractivity contribution in [2.24, 2.45) is 0 Å². The fourth-order valence-corrected chi connectivity index (χ4v) is 2.71. The van der Waals surface area contributed by atoms with Crippen LogP contribution >= 0.6 is 0 Å². The summed E-state index contributed by atoms with van der Waals surface area (Å²) in [5, 5.41) is 0. The van der Waals surface area contributed by atoms with Gasteiger partial charge in [0, 0.05) is 11.6 Å². The van der Waals surface area contributed by atoms with Gasteiger partial charge in [0.15, 0.2) is 10.3 Å². The molecule has 0 aromatic heterocycles. The van der Waals surface area contributed by atoms with Crippen molar-refractivity contribution in [3.8, 4) is 0 Å². The van der Waals surface area contributed by atoms with Crippen LogP contribution in [0.5, 0.6) is 0 Å². The molecule has 0 unspecified atom stereocenters. The third kappa shape index (κ3) is 7.94. The molecule has 0 saturated heterocycles. The molecule has 1 aromatic rings. The number of nitrogens with one attached hydrogen (secondary N) is 1. The molecule has 0 spiro atoms. The van der Waals surface area contributed by atoms with Crippen molar-refractivity contribution in [2.45, 2.75) is 44.7 Å². The summed E-state index contributed by atoms with van der Waals surface area (Å²) in [6, 6.07) is 10.1. The quantitative estimate of drug-likeness (QED) is 0.804. The second-order valence-corrected chi connectivity index (χ2v) is 5.79. The molecule has 1 saturated carbocycles. The highest BCUT2D eigenvalue weighted by atomic mass is 32.2. The maximum Gasteiger partial charge on any atom is 0.159 e. The molecule has 6 heteroatoms.